The average Bonchev–Trinajstić information content (AvgIpc) is 3.07. The van der Waals surface area contributed by atoms with Gasteiger partial charge in [-0.1, -0.05) is 57.2 Å². The maximum absolute atomic E-state index is 6.36. The molecule has 4 aromatic rings. The van der Waals surface area contributed by atoms with Gasteiger partial charge in [-0.15, -0.1) is 15.0 Å². The Morgan fingerprint density at radius 2 is 0.745 bits per heavy atom. The first-order valence-electron chi connectivity index (χ1n) is 17.6. The Labute approximate surface area is 303 Å². The number of benzene rings is 3. The van der Waals surface area contributed by atoms with Crippen molar-refractivity contribution < 1.29 is 28.4 Å². The van der Waals surface area contributed by atoms with E-state index in [0.29, 0.717) is 56.3 Å². The van der Waals surface area contributed by atoms with E-state index in [1.807, 2.05) is 75.4 Å². The zero-order chi connectivity index (χ0) is 36.8. The van der Waals surface area contributed by atoms with Crippen molar-refractivity contribution in [3.05, 3.63) is 108 Å². The number of ether oxygens (including phenoxy) is 6. The van der Waals surface area contributed by atoms with E-state index in [0.717, 1.165) is 69.9 Å². The molecule has 0 amide bonds. The summed E-state index contributed by atoms with van der Waals surface area (Å²) in [5.74, 6) is 3.88. The molecule has 3 aromatic carbocycles. The van der Waals surface area contributed by atoms with E-state index in [2.05, 4.69) is 55.5 Å². The van der Waals surface area contributed by atoms with Gasteiger partial charge in [0.15, 0.2) is 0 Å². The van der Waals surface area contributed by atoms with E-state index in [-0.39, 0.29) is 18.0 Å². The highest BCUT2D eigenvalue weighted by Gasteiger charge is 2.18. The Balaban J connectivity index is 1.78. The third-order valence-electron chi connectivity index (χ3n) is 7.17. The maximum atomic E-state index is 6.36. The van der Waals surface area contributed by atoms with Crippen LogP contribution in [0.2, 0.25) is 0 Å². The molecule has 1 aromatic heterocycles. The molecule has 0 atom stereocenters. The molecule has 51 heavy (non-hydrogen) atoms. The van der Waals surface area contributed by atoms with E-state index in [1.54, 1.807) is 0 Å². The molecule has 0 spiro atoms. The fourth-order valence-corrected chi connectivity index (χ4v) is 5.04. The molecular formula is C42H51N3O6. The first-order chi connectivity index (χ1) is 24.6. The smallest absolute Gasteiger partial charge is 0.331 e. The van der Waals surface area contributed by atoms with Crippen LogP contribution in [0.5, 0.6) is 52.5 Å². The summed E-state index contributed by atoms with van der Waals surface area (Å²) >= 11 is 0. The van der Waals surface area contributed by atoms with Gasteiger partial charge in [-0.3, -0.25) is 0 Å². The van der Waals surface area contributed by atoms with Gasteiger partial charge in [0.25, 0.3) is 0 Å². The second-order valence-corrected chi connectivity index (χ2v) is 12.7. The summed E-state index contributed by atoms with van der Waals surface area (Å²) in [4.78, 5) is 13.7. The molecule has 0 aliphatic heterocycles. The molecule has 0 unspecified atom stereocenters. The number of allylic oxidation sites excluding steroid dienone is 3. The third-order valence-corrected chi connectivity index (χ3v) is 7.17. The summed E-state index contributed by atoms with van der Waals surface area (Å²) in [6, 6.07) is 17.0. The standard InChI is InChI=1S/C42H51N3O6/c1-10-19-46-34-13-16-37(31(25-34)22-28(4)5)49-40-43-41(50-38-17-14-35(47-20-11-2)26-32(38)23-29(6)7)45-42(44-40)51-39-18-15-36(48-21-12-3)27-33(39)24-30(8)9/h13-18,25-27H,4,6,8,10-12,19-24H2,1-3,5,7,9H3. The lowest BCUT2D eigenvalue weighted by Crippen LogP contribution is -2.05. The number of aromatic nitrogens is 3. The molecule has 0 fully saturated rings. The summed E-state index contributed by atoms with van der Waals surface area (Å²) in [6.45, 7) is 26.3. The molecule has 0 saturated heterocycles. The van der Waals surface area contributed by atoms with Crippen molar-refractivity contribution in [2.45, 2.75) is 80.1 Å². The van der Waals surface area contributed by atoms with Crippen LogP contribution in [0.25, 0.3) is 0 Å². The zero-order valence-corrected chi connectivity index (χ0v) is 31.0. The van der Waals surface area contributed by atoms with Crippen molar-refractivity contribution in [3.8, 4) is 52.5 Å². The van der Waals surface area contributed by atoms with Crippen molar-refractivity contribution in [3.63, 3.8) is 0 Å². The molecule has 0 N–H and O–H groups in total. The van der Waals surface area contributed by atoms with Gasteiger partial charge in [0.05, 0.1) is 19.8 Å². The lowest BCUT2D eigenvalue weighted by atomic mass is 10.1. The second-order valence-electron chi connectivity index (χ2n) is 12.7. The highest BCUT2D eigenvalue weighted by molar-refractivity contribution is 5.46. The summed E-state index contributed by atoms with van der Waals surface area (Å²) in [6.07, 6.45) is 4.42. The van der Waals surface area contributed by atoms with Crippen LogP contribution in [0, 0.1) is 0 Å². The van der Waals surface area contributed by atoms with E-state index in [9.17, 15) is 0 Å². The molecule has 0 bridgehead atoms. The van der Waals surface area contributed by atoms with Crippen molar-refractivity contribution in [2.24, 2.45) is 0 Å². The quantitative estimate of drug-likeness (QED) is 0.0790. The summed E-state index contributed by atoms with van der Waals surface area (Å²) in [5, 5.41) is 0. The van der Waals surface area contributed by atoms with Gasteiger partial charge < -0.3 is 28.4 Å². The Kier molecular flexibility index (Phi) is 14.5. The Hall–Kier alpha value is -5.31. The topological polar surface area (TPSA) is 94.1 Å². The van der Waals surface area contributed by atoms with Crippen LogP contribution in [0.15, 0.2) is 91.1 Å². The molecule has 1 heterocycles. The minimum Gasteiger partial charge on any atom is -0.494 e. The van der Waals surface area contributed by atoms with Gasteiger partial charge in [-0.25, -0.2) is 0 Å². The second kappa shape index (κ2) is 19.2. The minimum absolute atomic E-state index is 0.00565. The fourth-order valence-electron chi connectivity index (χ4n) is 5.04. The lowest BCUT2D eigenvalue weighted by Gasteiger charge is -2.16. The molecule has 0 aliphatic carbocycles. The van der Waals surface area contributed by atoms with Crippen molar-refractivity contribution >= 4 is 0 Å². The number of rotatable bonds is 21. The first kappa shape index (κ1) is 38.5. The lowest BCUT2D eigenvalue weighted by molar-refractivity contribution is 0.315. The minimum atomic E-state index is -0.00565. The molecular weight excluding hydrogens is 642 g/mol. The van der Waals surface area contributed by atoms with Crippen LogP contribution in [-0.4, -0.2) is 34.8 Å². The van der Waals surface area contributed by atoms with Crippen LogP contribution >= 0.6 is 0 Å². The molecule has 4 rings (SSSR count). The molecule has 9 nitrogen and oxygen atoms in total. The van der Waals surface area contributed by atoms with Gasteiger partial charge in [0, 0.05) is 16.7 Å². The van der Waals surface area contributed by atoms with Crippen molar-refractivity contribution in [1.82, 2.24) is 15.0 Å². The van der Waals surface area contributed by atoms with Crippen LogP contribution in [0.3, 0.4) is 0 Å². The largest absolute Gasteiger partial charge is 0.494 e. The first-order valence-corrected chi connectivity index (χ1v) is 17.6. The normalized spacial score (nSPS) is 10.7. The van der Waals surface area contributed by atoms with Crippen molar-refractivity contribution in [1.29, 1.82) is 0 Å². The third kappa shape index (κ3) is 12.2. The zero-order valence-electron chi connectivity index (χ0n) is 31.0. The predicted octanol–water partition coefficient (Wildman–Crippen LogP) is 11.0. The van der Waals surface area contributed by atoms with Crippen LogP contribution in [0.4, 0.5) is 0 Å². The number of nitrogens with zero attached hydrogens (tertiary/aromatic N) is 3. The van der Waals surface area contributed by atoms with Gasteiger partial charge >= 0.3 is 18.0 Å². The Bertz CT molecular complexity index is 1600. The molecule has 0 saturated carbocycles. The maximum Gasteiger partial charge on any atom is 0.331 e. The average molecular weight is 694 g/mol. The summed E-state index contributed by atoms with van der Waals surface area (Å²) < 4.78 is 36.7. The van der Waals surface area contributed by atoms with Gasteiger partial charge in [0.1, 0.15) is 34.5 Å². The van der Waals surface area contributed by atoms with Crippen molar-refractivity contribution in [2.75, 3.05) is 19.8 Å². The van der Waals surface area contributed by atoms with E-state index in [4.69, 9.17) is 28.4 Å². The molecule has 0 radical (unpaired) electrons. The van der Waals surface area contributed by atoms with E-state index in [1.165, 1.54) is 0 Å². The molecule has 9 heteroatoms. The number of hydrogen-bond acceptors (Lipinski definition) is 9. The van der Waals surface area contributed by atoms with Gasteiger partial charge in [-0.05, 0) is 114 Å². The van der Waals surface area contributed by atoms with Crippen LogP contribution in [0.1, 0.15) is 77.5 Å². The van der Waals surface area contributed by atoms with Crippen LogP contribution < -0.4 is 28.4 Å². The van der Waals surface area contributed by atoms with Gasteiger partial charge in [0.2, 0.25) is 0 Å². The monoisotopic (exact) mass is 693 g/mol. The fraction of sp³-hybridized carbons (Fsp3) is 0.357. The summed E-state index contributed by atoms with van der Waals surface area (Å²) in [7, 11) is 0. The summed E-state index contributed by atoms with van der Waals surface area (Å²) in [5.41, 5.74) is 5.51. The van der Waals surface area contributed by atoms with Gasteiger partial charge in [-0.2, -0.15) is 0 Å². The van der Waals surface area contributed by atoms with E-state index < -0.39 is 0 Å². The molecule has 0 aliphatic rings. The van der Waals surface area contributed by atoms with Crippen LogP contribution in [-0.2, 0) is 19.3 Å². The highest BCUT2D eigenvalue weighted by Crippen LogP contribution is 2.35. The number of hydrogen-bond donors (Lipinski definition) is 0. The Morgan fingerprint density at radius 1 is 0.471 bits per heavy atom. The molecule has 270 valence electrons. The highest BCUT2D eigenvalue weighted by atomic mass is 16.5. The Morgan fingerprint density at radius 3 is 0.980 bits per heavy atom. The predicted molar refractivity (Wildman–Crippen MR) is 202 cm³/mol. The van der Waals surface area contributed by atoms with E-state index >= 15 is 0 Å². The SMILES string of the molecule is C=C(C)Cc1cc(OCCC)ccc1Oc1nc(Oc2ccc(OCCC)cc2CC(=C)C)nc(Oc2ccc(OCCC)cc2CC(=C)C)n1.